The molecule has 4 fully saturated rings. The second-order valence-corrected chi connectivity index (χ2v) is 10.8. The van der Waals surface area contributed by atoms with Gasteiger partial charge in [0, 0.05) is 60.1 Å². The van der Waals surface area contributed by atoms with E-state index in [0.29, 0.717) is 54.9 Å². The van der Waals surface area contributed by atoms with E-state index in [1.54, 1.807) is 43.8 Å². The van der Waals surface area contributed by atoms with Gasteiger partial charge in [-0.05, 0) is 57.6 Å². The number of ether oxygens (including phenoxy) is 1. The number of fused-ring (bicyclic) bond motifs is 1. The van der Waals surface area contributed by atoms with Gasteiger partial charge in [0.15, 0.2) is 5.65 Å². The van der Waals surface area contributed by atoms with Gasteiger partial charge in [-0.25, -0.2) is 13.8 Å². The zero-order chi connectivity index (χ0) is 24.7. The highest BCUT2D eigenvalue weighted by Gasteiger charge is 2.73. The lowest BCUT2D eigenvalue weighted by Gasteiger charge is -2.69. The number of alkyl halides is 2. The van der Waals surface area contributed by atoms with Crippen LogP contribution >= 0.6 is 0 Å². The minimum absolute atomic E-state index is 0.0269. The highest BCUT2D eigenvalue weighted by Crippen LogP contribution is 2.75. The van der Waals surface area contributed by atoms with Crippen LogP contribution in [0.3, 0.4) is 0 Å². The molecular weight excluding hydrogens is 454 g/mol. The highest BCUT2D eigenvalue weighted by atomic mass is 19.3. The van der Waals surface area contributed by atoms with Crippen LogP contribution in [-0.2, 0) is 17.2 Å². The number of pyridine rings is 1. The summed E-state index contributed by atoms with van der Waals surface area (Å²) in [7, 11) is 1.71. The van der Waals surface area contributed by atoms with Gasteiger partial charge in [-0.3, -0.25) is 19.0 Å². The maximum Gasteiger partial charge on any atom is 0.261 e. The molecule has 9 heteroatoms. The largest absolute Gasteiger partial charge is 0.373 e. The normalized spacial score (nSPS) is 29.8. The van der Waals surface area contributed by atoms with E-state index in [1.807, 2.05) is 0 Å². The second kappa shape index (κ2) is 7.53. The van der Waals surface area contributed by atoms with Crippen molar-refractivity contribution in [2.24, 2.45) is 12.5 Å². The van der Waals surface area contributed by atoms with Gasteiger partial charge in [-0.1, -0.05) is 0 Å². The Labute approximate surface area is 200 Å². The minimum atomic E-state index is -2.34. The lowest BCUT2D eigenvalue weighted by Crippen LogP contribution is -2.68. The summed E-state index contributed by atoms with van der Waals surface area (Å²) < 4.78 is 36.3. The number of nitrogens with zero attached hydrogens (tertiary/aromatic N) is 4. The third-order valence-electron chi connectivity index (χ3n) is 8.52. The first-order chi connectivity index (χ1) is 16.6. The van der Waals surface area contributed by atoms with Crippen molar-refractivity contribution in [3.63, 3.8) is 0 Å². The summed E-state index contributed by atoms with van der Waals surface area (Å²) in [4.78, 5) is 34.8. The van der Waals surface area contributed by atoms with Gasteiger partial charge < -0.3 is 9.30 Å². The summed E-state index contributed by atoms with van der Waals surface area (Å²) in [6.07, 6.45) is 3.59. The van der Waals surface area contributed by atoms with Crippen molar-refractivity contribution in [3.8, 4) is 0 Å². The number of halogens is 2. The maximum absolute atomic E-state index is 13.6. The van der Waals surface area contributed by atoms with Gasteiger partial charge in [-0.15, -0.1) is 0 Å². The Morgan fingerprint density at radius 1 is 1.11 bits per heavy atom. The van der Waals surface area contributed by atoms with Gasteiger partial charge in [-0.2, -0.15) is 0 Å². The van der Waals surface area contributed by atoms with Crippen LogP contribution in [0.2, 0.25) is 0 Å². The van der Waals surface area contributed by atoms with Crippen molar-refractivity contribution < 1.29 is 13.5 Å². The van der Waals surface area contributed by atoms with Gasteiger partial charge >= 0.3 is 0 Å². The molecular formula is C26H28F2N4O3. The van der Waals surface area contributed by atoms with Gasteiger partial charge in [0.2, 0.25) is 12.0 Å². The molecule has 7 nitrogen and oxygen atoms in total. The fourth-order valence-corrected chi connectivity index (χ4v) is 6.36. The molecule has 3 saturated carbocycles. The SMILES string of the molecule is Cc1nc2c(C34CC(C(F)F)(C3)C4)nc([C@@H]3CCO[C@H](c4ccc(=O)n(C)c4)C3)cn2c(=O)c1C. The number of aryl methyl sites for hydroxylation is 2. The topological polar surface area (TPSA) is 78.5 Å². The van der Waals surface area contributed by atoms with E-state index < -0.39 is 17.3 Å². The van der Waals surface area contributed by atoms with E-state index in [1.165, 1.54) is 10.6 Å². The third kappa shape index (κ3) is 3.23. The quantitative estimate of drug-likeness (QED) is 0.566. The monoisotopic (exact) mass is 482 g/mol. The van der Waals surface area contributed by atoms with Crippen LogP contribution < -0.4 is 11.1 Å². The molecule has 184 valence electrons. The van der Waals surface area contributed by atoms with Crippen molar-refractivity contribution in [2.75, 3.05) is 6.61 Å². The first-order valence-corrected chi connectivity index (χ1v) is 12.1. The predicted molar refractivity (Wildman–Crippen MR) is 125 cm³/mol. The fraction of sp³-hybridized carbons (Fsp3) is 0.538. The first-order valence-electron chi connectivity index (χ1n) is 12.1. The Morgan fingerprint density at radius 2 is 1.86 bits per heavy atom. The third-order valence-corrected chi connectivity index (χ3v) is 8.52. The smallest absolute Gasteiger partial charge is 0.261 e. The molecule has 0 spiro atoms. The van der Waals surface area contributed by atoms with Crippen molar-refractivity contribution >= 4 is 5.65 Å². The molecule has 0 aromatic carbocycles. The first kappa shape index (κ1) is 22.5. The molecule has 2 bridgehead atoms. The molecule has 1 aliphatic heterocycles. The zero-order valence-electron chi connectivity index (χ0n) is 20.1. The van der Waals surface area contributed by atoms with E-state index in [9.17, 15) is 18.4 Å². The molecule has 0 N–H and O–H groups in total. The molecule has 1 saturated heterocycles. The molecule has 4 aliphatic rings. The van der Waals surface area contributed by atoms with E-state index in [0.717, 1.165) is 17.7 Å². The summed E-state index contributed by atoms with van der Waals surface area (Å²) in [6, 6.07) is 3.33. The molecule has 2 atom stereocenters. The van der Waals surface area contributed by atoms with E-state index in [4.69, 9.17) is 14.7 Å². The van der Waals surface area contributed by atoms with E-state index in [2.05, 4.69) is 0 Å². The molecule has 0 amide bonds. The summed E-state index contributed by atoms with van der Waals surface area (Å²) in [5.74, 6) is 0.0269. The average molecular weight is 483 g/mol. The van der Waals surface area contributed by atoms with Crippen LogP contribution in [0.1, 0.15) is 72.3 Å². The molecule has 0 unspecified atom stereocenters. The van der Waals surface area contributed by atoms with Gasteiger partial charge in [0.25, 0.3) is 5.56 Å². The van der Waals surface area contributed by atoms with Crippen molar-refractivity contribution in [1.82, 2.24) is 18.9 Å². The lowest BCUT2D eigenvalue weighted by molar-refractivity contribution is -0.222. The number of rotatable bonds is 4. The summed E-state index contributed by atoms with van der Waals surface area (Å²) >= 11 is 0. The highest BCUT2D eigenvalue weighted by molar-refractivity contribution is 5.54. The molecule has 3 aliphatic carbocycles. The Bertz CT molecular complexity index is 1460. The minimum Gasteiger partial charge on any atom is -0.373 e. The lowest BCUT2D eigenvalue weighted by atomic mass is 9.34. The molecule has 4 heterocycles. The molecule has 3 aromatic rings. The molecule has 35 heavy (non-hydrogen) atoms. The van der Waals surface area contributed by atoms with Crippen molar-refractivity contribution in [1.29, 1.82) is 0 Å². The Morgan fingerprint density at radius 3 is 2.54 bits per heavy atom. The molecule has 7 rings (SSSR count). The van der Waals surface area contributed by atoms with E-state index in [-0.39, 0.29) is 23.1 Å². The molecule has 0 radical (unpaired) electrons. The van der Waals surface area contributed by atoms with Crippen molar-refractivity contribution in [2.45, 2.75) is 69.8 Å². The Balaban J connectivity index is 1.42. The zero-order valence-corrected chi connectivity index (χ0v) is 20.1. The average Bonchev–Trinajstić information content (AvgIpc) is 2.78. The van der Waals surface area contributed by atoms with Gasteiger partial charge in [0.05, 0.1) is 17.5 Å². The van der Waals surface area contributed by atoms with Gasteiger partial charge in [0.1, 0.15) is 0 Å². The standard InChI is InChI=1S/C26H28F2N4O3/c1-14-15(2)29-22-21(25-11-26(12-25,13-25)24(27)28)30-18(10-32(22)23(14)34)16-6-7-35-19(8-16)17-4-5-20(33)31(3)9-17/h4-5,9-10,16,19,24H,6-8,11-13H2,1-3H3/t16-,19+,25?,26?/m1/s1. The van der Waals surface area contributed by atoms with Crippen LogP contribution in [0, 0.1) is 19.3 Å². The van der Waals surface area contributed by atoms with Crippen LogP contribution in [0.15, 0.2) is 34.1 Å². The van der Waals surface area contributed by atoms with Crippen LogP contribution in [-0.4, -0.2) is 32.0 Å². The Kier molecular flexibility index (Phi) is 4.84. The number of hydrogen-bond donors (Lipinski definition) is 0. The van der Waals surface area contributed by atoms with Crippen LogP contribution in [0.25, 0.3) is 5.65 Å². The summed E-state index contributed by atoms with van der Waals surface area (Å²) in [5.41, 5.74) is 2.52. The summed E-state index contributed by atoms with van der Waals surface area (Å²) in [5, 5.41) is 0. The predicted octanol–water partition coefficient (Wildman–Crippen LogP) is 3.73. The van der Waals surface area contributed by atoms with Crippen LogP contribution in [0.5, 0.6) is 0 Å². The number of hydrogen-bond acceptors (Lipinski definition) is 5. The van der Waals surface area contributed by atoms with E-state index >= 15 is 0 Å². The summed E-state index contributed by atoms with van der Waals surface area (Å²) in [6.45, 7) is 4.08. The molecule has 3 aromatic heterocycles. The fourth-order valence-electron chi connectivity index (χ4n) is 6.36. The van der Waals surface area contributed by atoms with Crippen molar-refractivity contribution in [3.05, 3.63) is 73.4 Å². The van der Waals surface area contributed by atoms with Crippen LogP contribution in [0.4, 0.5) is 8.78 Å². The maximum atomic E-state index is 13.6. The Hall–Kier alpha value is -2.94. The number of aromatic nitrogens is 4. The second-order valence-electron chi connectivity index (χ2n) is 10.8.